The van der Waals surface area contributed by atoms with Crippen LogP contribution in [0, 0.1) is 0 Å². The number of methoxy groups -OCH3 is 2. The molecule has 19 heavy (non-hydrogen) atoms. The van der Waals surface area contributed by atoms with E-state index >= 15 is 0 Å². The minimum atomic E-state index is -0.842. The maximum atomic E-state index is 11.5. The molecular weight excluding hydrogens is 268 g/mol. The van der Waals surface area contributed by atoms with E-state index in [-0.39, 0.29) is 0 Å². The highest BCUT2D eigenvalue weighted by molar-refractivity contribution is 6.34. The van der Waals surface area contributed by atoms with Crippen LogP contribution >= 0.6 is 11.6 Å². The molecule has 0 aliphatic heterocycles. The summed E-state index contributed by atoms with van der Waals surface area (Å²) in [4.78, 5) is 11.5. The van der Waals surface area contributed by atoms with Crippen molar-refractivity contribution in [1.29, 1.82) is 0 Å². The number of hydrogen-bond acceptors (Lipinski definition) is 3. The number of halogens is 1. The summed E-state index contributed by atoms with van der Waals surface area (Å²) in [6, 6.07) is 1.85. The molecule has 1 aromatic rings. The molecule has 0 bridgehead atoms. The first-order chi connectivity index (χ1) is 9.01. The Balaban J connectivity index is 2.68. The van der Waals surface area contributed by atoms with E-state index in [0.717, 1.165) is 12.0 Å². The Morgan fingerprint density at radius 3 is 2.32 bits per heavy atom. The highest BCUT2D eigenvalue weighted by Crippen LogP contribution is 2.55. The van der Waals surface area contributed by atoms with Gasteiger partial charge in [-0.1, -0.05) is 18.5 Å². The molecule has 0 radical (unpaired) electrons. The third-order valence-corrected chi connectivity index (χ3v) is 4.06. The van der Waals surface area contributed by atoms with Gasteiger partial charge in [0, 0.05) is 5.56 Å². The standard InChI is InChI=1S/C14H17ClO4/c1-4-8-7-9(14(5-6-14)13(16)17)12(19-3)10(15)11(8)18-2/h7H,4-6H2,1-3H3,(H,16,17). The van der Waals surface area contributed by atoms with Crippen molar-refractivity contribution in [2.45, 2.75) is 31.6 Å². The number of ether oxygens (including phenoxy) is 2. The van der Waals surface area contributed by atoms with Crippen LogP contribution in [0.4, 0.5) is 0 Å². The molecule has 2 rings (SSSR count). The van der Waals surface area contributed by atoms with Crippen LogP contribution in [0.1, 0.15) is 30.9 Å². The summed E-state index contributed by atoms with van der Waals surface area (Å²) in [7, 11) is 3.04. The average molecular weight is 285 g/mol. The molecule has 0 amide bonds. The fraction of sp³-hybridized carbons (Fsp3) is 0.500. The number of aryl methyl sites for hydroxylation is 1. The summed E-state index contributed by atoms with van der Waals surface area (Å²) < 4.78 is 10.6. The number of rotatable bonds is 5. The first-order valence-electron chi connectivity index (χ1n) is 6.19. The predicted molar refractivity (Wildman–Crippen MR) is 72.5 cm³/mol. The zero-order chi connectivity index (χ0) is 14.2. The van der Waals surface area contributed by atoms with E-state index in [1.54, 1.807) is 7.11 Å². The first-order valence-corrected chi connectivity index (χ1v) is 6.56. The molecular formula is C14H17ClO4. The Hall–Kier alpha value is -1.42. The second-order valence-corrected chi connectivity index (χ2v) is 5.08. The van der Waals surface area contributed by atoms with E-state index in [1.165, 1.54) is 7.11 Å². The van der Waals surface area contributed by atoms with Gasteiger partial charge < -0.3 is 14.6 Å². The summed E-state index contributed by atoms with van der Waals surface area (Å²) in [6.07, 6.45) is 1.95. The molecule has 1 saturated carbocycles. The van der Waals surface area contributed by atoms with Gasteiger partial charge in [-0.2, -0.15) is 0 Å². The normalized spacial score (nSPS) is 16.0. The summed E-state index contributed by atoms with van der Waals surface area (Å²) in [5.41, 5.74) is 0.714. The van der Waals surface area contributed by atoms with Crippen molar-refractivity contribution in [3.63, 3.8) is 0 Å². The van der Waals surface area contributed by atoms with Crippen LogP contribution in [-0.4, -0.2) is 25.3 Å². The van der Waals surface area contributed by atoms with Gasteiger partial charge in [-0.25, -0.2) is 0 Å². The van der Waals surface area contributed by atoms with Gasteiger partial charge in [0.1, 0.15) is 16.5 Å². The quantitative estimate of drug-likeness (QED) is 0.903. The molecule has 0 saturated heterocycles. The number of carbonyl (C=O) groups is 1. The summed E-state index contributed by atoms with van der Waals surface area (Å²) >= 11 is 6.29. The summed E-state index contributed by atoms with van der Waals surface area (Å²) in [5.74, 6) is 0.149. The van der Waals surface area contributed by atoms with Crippen molar-refractivity contribution in [3.05, 3.63) is 22.2 Å². The number of carboxylic acids is 1. The molecule has 0 spiro atoms. The van der Waals surface area contributed by atoms with Crippen LogP contribution in [0.15, 0.2) is 6.07 Å². The number of benzene rings is 1. The highest BCUT2D eigenvalue weighted by Gasteiger charge is 2.54. The lowest BCUT2D eigenvalue weighted by Gasteiger charge is -2.20. The Morgan fingerprint density at radius 1 is 1.37 bits per heavy atom. The largest absolute Gasteiger partial charge is 0.495 e. The summed E-state index contributed by atoms with van der Waals surface area (Å²) in [5, 5.41) is 9.78. The zero-order valence-electron chi connectivity index (χ0n) is 11.2. The topological polar surface area (TPSA) is 55.8 Å². The molecule has 1 aromatic carbocycles. The third-order valence-electron chi connectivity index (χ3n) is 3.72. The van der Waals surface area contributed by atoms with E-state index in [0.29, 0.717) is 34.9 Å². The molecule has 4 nitrogen and oxygen atoms in total. The Kier molecular flexibility index (Phi) is 3.63. The number of hydrogen-bond donors (Lipinski definition) is 1. The maximum Gasteiger partial charge on any atom is 0.314 e. The lowest BCUT2D eigenvalue weighted by atomic mass is 9.92. The molecule has 5 heteroatoms. The number of carboxylic acid groups (broad SMARTS) is 1. The Morgan fingerprint density at radius 2 is 1.95 bits per heavy atom. The van der Waals surface area contributed by atoms with Crippen molar-refractivity contribution in [1.82, 2.24) is 0 Å². The second kappa shape index (κ2) is 4.93. The van der Waals surface area contributed by atoms with Crippen molar-refractivity contribution in [2.24, 2.45) is 0 Å². The molecule has 0 atom stereocenters. The predicted octanol–water partition coefficient (Wildman–Crippen LogP) is 3.04. The SMILES string of the molecule is CCc1cc(C2(C(=O)O)CC2)c(OC)c(Cl)c1OC. The zero-order valence-corrected chi connectivity index (χ0v) is 12.0. The van der Waals surface area contributed by atoms with Crippen LogP contribution in [0.3, 0.4) is 0 Å². The van der Waals surface area contributed by atoms with E-state index in [9.17, 15) is 9.90 Å². The van der Waals surface area contributed by atoms with Crippen LogP contribution in [0.5, 0.6) is 11.5 Å². The van der Waals surface area contributed by atoms with E-state index in [2.05, 4.69) is 0 Å². The monoisotopic (exact) mass is 284 g/mol. The van der Waals surface area contributed by atoms with Gasteiger partial charge in [-0.15, -0.1) is 0 Å². The van der Waals surface area contributed by atoms with Gasteiger partial charge in [-0.3, -0.25) is 4.79 Å². The molecule has 1 fully saturated rings. The second-order valence-electron chi connectivity index (χ2n) is 4.70. The Bertz CT molecular complexity index is 521. The Labute approximate surface area is 117 Å². The van der Waals surface area contributed by atoms with Crippen LogP contribution in [-0.2, 0) is 16.6 Å². The van der Waals surface area contributed by atoms with Crippen molar-refractivity contribution < 1.29 is 19.4 Å². The van der Waals surface area contributed by atoms with Crippen LogP contribution in [0.25, 0.3) is 0 Å². The van der Waals surface area contributed by atoms with Gasteiger partial charge >= 0.3 is 5.97 Å². The smallest absolute Gasteiger partial charge is 0.314 e. The molecule has 0 aromatic heterocycles. The van der Waals surface area contributed by atoms with Crippen molar-refractivity contribution in [2.75, 3.05) is 14.2 Å². The average Bonchev–Trinajstić information content (AvgIpc) is 3.18. The highest BCUT2D eigenvalue weighted by atomic mass is 35.5. The van der Waals surface area contributed by atoms with Gasteiger partial charge in [0.2, 0.25) is 0 Å². The minimum Gasteiger partial charge on any atom is -0.495 e. The third kappa shape index (κ3) is 2.04. The van der Waals surface area contributed by atoms with E-state index in [1.807, 2.05) is 13.0 Å². The molecule has 1 aliphatic rings. The fourth-order valence-corrected chi connectivity index (χ4v) is 2.81. The maximum absolute atomic E-state index is 11.5. The van der Waals surface area contributed by atoms with Crippen molar-refractivity contribution in [3.8, 4) is 11.5 Å². The molecule has 0 unspecified atom stereocenters. The first kappa shape index (κ1) is 14.0. The summed E-state index contributed by atoms with van der Waals surface area (Å²) in [6.45, 7) is 1.98. The molecule has 104 valence electrons. The van der Waals surface area contributed by atoms with E-state index < -0.39 is 11.4 Å². The van der Waals surface area contributed by atoms with Gasteiger partial charge in [0.25, 0.3) is 0 Å². The lowest BCUT2D eigenvalue weighted by molar-refractivity contribution is -0.140. The van der Waals surface area contributed by atoms with Gasteiger partial charge in [-0.05, 0) is 30.9 Å². The number of aliphatic carboxylic acids is 1. The molecule has 1 N–H and O–H groups in total. The van der Waals surface area contributed by atoms with Crippen molar-refractivity contribution >= 4 is 17.6 Å². The van der Waals surface area contributed by atoms with Crippen LogP contribution < -0.4 is 9.47 Å². The van der Waals surface area contributed by atoms with E-state index in [4.69, 9.17) is 21.1 Å². The molecule has 1 aliphatic carbocycles. The van der Waals surface area contributed by atoms with Gasteiger partial charge in [0.05, 0.1) is 19.6 Å². The minimum absolute atomic E-state index is 0.354. The van der Waals surface area contributed by atoms with Gasteiger partial charge in [0.15, 0.2) is 0 Å². The van der Waals surface area contributed by atoms with Crippen LogP contribution in [0.2, 0.25) is 5.02 Å². The lowest BCUT2D eigenvalue weighted by Crippen LogP contribution is -2.21. The fourth-order valence-electron chi connectivity index (χ4n) is 2.43. The molecule has 0 heterocycles.